The van der Waals surface area contributed by atoms with Gasteiger partial charge in [0, 0.05) is 50.7 Å². The summed E-state index contributed by atoms with van der Waals surface area (Å²) in [6.45, 7) is 3.16. The van der Waals surface area contributed by atoms with Crippen LogP contribution >= 0.6 is 0 Å². The largest absolute Gasteiger partial charge is 0.445 e. The van der Waals surface area contributed by atoms with Crippen molar-refractivity contribution in [1.29, 1.82) is 0 Å². The molecule has 5 aliphatic heterocycles. The van der Waals surface area contributed by atoms with E-state index in [1.807, 2.05) is 48.5 Å². The lowest BCUT2D eigenvalue weighted by molar-refractivity contribution is -0.136. The number of carbonyl (C=O) groups is 5. The highest BCUT2D eigenvalue weighted by molar-refractivity contribution is 5.94. The Kier molecular flexibility index (Phi) is 11.1. The van der Waals surface area contributed by atoms with E-state index >= 15 is 0 Å². The smallest absolute Gasteiger partial charge is 0.408 e. The second kappa shape index (κ2) is 15.8. The lowest BCUT2D eigenvalue weighted by Crippen LogP contribution is -2.61. The third-order valence-corrected chi connectivity index (χ3v) is 10.6. The van der Waals surface area contributed by atoms with Crippen molar-refractivity contribution >= 4 is 29.7 Å². The Bertz CT molecular complexity index is 1470. The van der Waals surface area contributed by atoms with Crippen LogP contribution in [0.1, 0.15) is 73.7 Å². The van der Waals surface area contributed by atoms with Gasteiger partial charge >= 0.3 is 6.09 Å². The Hall–Kier alpha value is -4.45. The SMILES string of the molecule is O=C1CC2(CCN(C(=O)c3ccccc3)CC2)NC(=O)[C@@H]2CCCN2C2CCN(CC2)C(=O)[C@@H](NC(=O)OCc2ccccc2)CCCN1. The summed E-state index contributed by atoms with van der Waals surface area (Å²) in [5, 5.41) is 9.12. The molecule has 262 valence electrons. The third kappa shape index (κ3) is 8.59. The number of piperidine rings is 2. The first-order valence-electron chi connectivity index (χ1n) is 17.7. The highest BCUT2D eigenvalue weighted by Crippen LogP contribution is 2.31. The molecule has 2 atom stereocenters. The van der Waals surface area contributed by atoms with Crippen LogP contribution in [0.2, 0.25) is 0 Å². The monoisotopic (exact) mass is 672 g/mol. The molecule has 5 amide bonds. The molecule has 5 aliphatic rings. The van der Waals surface area contributed by atoms with Gasteiger partial charge in [-0.2, -0.15) is 0 Å². The zero-order valence-corrected chi connectivity index (χ0v) is 28.1. The zero-order valence-electron chi connectivity index (χ0n) is 28.1. The number of alkyl carbamates (subject to hydrolysis) is 1. The van der Waals surface area contributed by atoms with Crippen LogP contribution in [0.3, 0.4) is 0 Å². The van der Waals surface area contributed by atoms with Gasteiger partial charge < -0.3 is 30.5 Å². The number of rotatable bonds is 4. The Morgan fingerprint density at radius 1 is 0.837 bits per heavy atom. The maximum atomic E-state index is 14.0. The van der Waals surface area contributed by atoms with Crippen molar-refractivity contribution in [3.8, 4) is 0 Å². The standard InChI is InChI=1S/C37H48N6O6/c44-32-25-37(17-23-42(24-18-37)34(46)28-11-5-2-6-12-28)40-33(45)31-14-8-20-43(31)29-15-21-41(22-16-29)35(47)30(13-7-19-38-32)39-36(48)49-26-27-9-3-1-4-10-27/h1-6,9-12,29-31H,7-8,13-26H2,(H,38,44)(H,39,48)(H,40,45)/t30-,31-/m0/s1. The number of carbonyl (C=O) groups excluding carboxylic acids is 5. The number of likely N-dealkylation sites (tertiary alicyclic amines) is 1. The lowest BCUT2D eigenvalue weighted by atomic mass is 9.83. The summed E-state index contributed by atoms with van der Waals surface area (Å²) in [7, 11) is 0. The van der Waals surface area contributed by atoms with Crippen LogP contribution in [-0.4, -0.2) is 107 Å². The van der Waals surface area contributed by atoms with Crippen molar-refractivity contribution in [1.82, 2.24) is 30.7 Å². The van der Waals surface area contributed by atoms with Gasteiger partial charge in [0.05, 0.1) is 11.6 Å². The predicted molar refractivity (Wildman–Crippen MR) is 182 cm³/mol. The summed E-state index contributed by atoms with van der Waals surface area (Å²) in [4.78, 5) is 73.0. The Morgan fingerprint density at radius 3 is 2.24 bits per heavy atom. The first kappa shape index (κ1) is 34.4. The average Bonchev–Trinajstić information content (AvgIpc) is 3.63. The Balaban J connectivity index is 1.15. The van der Waals surface area contributed by atoms with Crippen molar-refractivity contribution in [3.63, 3.8) is 0 Å². The minimum atomic E-state index is -0.784. The van der Waals surface area contributed by atoms with Crippen LogP contribution in [-0.2, 0) is 25.7 Å². The molecule has 0 saturated carbocycles. The molecule has 0 aromatic heterocycles. The summed E-state index contributed by atoms with van der Waals surface area (Å²) in [5.41, 5.74) is 0.697. The van der Waals surface area contributed by atoms with Gasteiger partial charge in [0.1, 0.15) is 12.6 Å². The molecule has 2 bridgehead atoms. The molecule has 0 radical (unpaired) electrons. The number of nitrogens with one attached hydrogen (secondary N) is 3. The number of amides is 5. The van der Waals surface area contributed by atoms with Crippen LogP contribution in [0.4, 0.5) is 4.79 Å². The highest BCUT2D eigenvalue weighted by atomic mass is 16.5. The average molecular weight is 673 g/mol. The van der Waals surface area contributed by atoms with Crippen LogP contribution in [0.25, 0.3) is 0 Å². The molecule has 2 aromatic carbocycles. The van der Waals surface area contributed by atoms with Crippen molar-refractivity contribution in [2.75, 3.05) is 39.3 Å². The lowest BCUT2D eigenvalue weighted by Gasteiger charge is -2.44. The van der Waals surface area contributed by atoms with E-state index in [0.29, 0.717) is 64.0 Å². The van der Waals surface area contributed by atoms with Gasteiger partial charge in [-0.15, -0.1) is 0 Å². The summed E-state index contributed by atoms with van der Waals surface area (Å²) in [6, 6.07) is 17.6. The minimum Gasteiger partial charge on any atom is -0.445 e. The van der Waals surface area contributed by atoms with Crippen LogP contribution < -0.4 is 16.0 Å². The summed E-state index contributed by atoms with van der Waals surface area (Å²) >= 11 is 0. The number of hydrogen-bond donors (Lipinski definition) is 3. The van der Waals surface area contributed by atoms with Crippen molar-refractivity contribution < 1.29 is 28.7 Å². The van der Waals surface area contributed by atoms with E-state index in [1.165, 1.54) is 0 Å². The molecule has 5 heterocycles. The summed E-state index contributed by atoms with van der Waals surface area (Å²) in [6.07, 6.45) is 4.31. The first-order chi connectivity index (χ1) is 23.8. The van der Waals surface area contributed by atoms with E-state index in [0.717, 1.165) is 37.8 Å². The normalized spacial score (nSPS) is 24.1. The van der Waals surface area contributed by atoms with E-state index in [1.54, 1.807) is 21.9 Å². The van der Waals surface area contributed by atoms with Crippen LogP contribution in [0.15, 0.2) is 60.7 Å². The zero-order chi connectivity index (χ0) is 34.2. The topological polar surface area (TPSA) is 140 Å². The van der Waals surface area contributed by atoms with Gasteiger partial charge in [0.2, 0.25) is 17.7 Å². The number of nitrogens with zero attached hydrogens (tertiary/aromatic N) is 3. The number of hydrogen-bond acceptors (Lipinski definition) is 7. The molecule has 12 heteroatoms. The molecule has 49 heavy (non-hydrogen) atoms. The van der Waals surface area contributed by atoms with Gasteiger partial charge in [-0.05, 0) is 75.6 Å². The van der Waals surface area contributed by atoms with E-state index in [2.05, 4.69) is 20.9 Å². The number of benzene rings is 2. The molecule has 5 fully saturated rings. The number of ether oxygens (including phenoxy) is 1. The fourth-order valence-electron chi connectivity index (χ4n) is 7.81. The summed E-state index contributed by atoms with van der Waals surface area (Å²) in [5.74, 6) is -0.463. The molecule has 1 spiro atoms. The van der Waals surface area contributed by atoms with Crippen molar-refractivity contribution in [2.24, 2.45) is 0 Å². The quantitative estimate of drug-likeness (QED) is 0.454. The highest BCUT2D eigenvalue weighted by Gasteiger charge is 2.44. The number of fused-ring (bicyclic) bond motifs is 10. The van der Waals surface area contributed by atoms with E-state index in [-0.39, 0.29) is 48.7 Å². The molecule has 0 unspecified atom stereocenters. The fourth-order valence-corrected chi connectivity index (χ4v) is 7.81. The fraction of sp³-hybridized carbons (Fsp3) is 0.541. The molecular weight excluding hydrogens is 624 g/mol. The van der Waals surface area contributed by atoms with Gasteiger partial charge in [-0.3, -0.25) is 24.1 Å². The molecule has 3 N–H and O–H groups in total. The van der Waals surface area contributed by atoms with E-state index < -0.39 is 17.7 Å². The van der Waals surface area contributed by atoms with Crippen LogP contribution in [0, 0.1) is 0 Å². The first-order valence-corrected chi connectivity index (χ1v) is 17.7. The van der Waals surface area contributed by atoms with Crippen molar-refractivity contribution in [2.45, 2.75) is 88.1 Å². The maximum absolute atomic E-state index is 14.0. The molecule has 12 nitrogen and oxygen atoms in total. The van der Waals surface area contributed by atoms with Gasteiger partial charge in [0.25, 0.3) is 5.91 Å². The second-order valence-electron chi connectivity index (χ2n) is 13.8. The molecule has 7 rings (SSSR count). The second-order valence-corrected chi connectivity index (χ2v) is 13.8. The Morgan fingerprint density at radius 2 is 1.53 bits per heavy atom. The summed E-state index contributed by atoms with van der Waals surface area (Å²) < 4.78 is 5.44. The van der Waals surface area contributed by atoms with Crippen LogP contribution in [0.5, 0.6) is 0 Å². The molecule has 5 saturated heterocycles. The molecule has 0 aliphatic carbocycles. The van der Waals surface area contributed by atoms with Crippen molar-refractivity contribution in [3.05, 3.63) is 71.8 Å². The maximum Gasteiger partial charge on any atom is 0.408 e. The van der Waals surface area contributed by atoms with E-state index in [4.69, 9.17) is 4.74 Å². The van der Waals surface area contributed by atoms with Gasteiger partial charge in [0.15, 0.2) is 0 Å². The minimum absolute atomic E-state index is 0.0505. The molecular formula is C37H48N6O6. The van der Waals surface area contributed by atoms with Gasteiger partial charge in [-0.1, -0.05) is 48.5 Å². The Labute approximate surface area is 287 Å². The predicted octanol–water partition coefficient (Wildman–Crippen LogP) is 2.83. The molecule has 2 aromatic rings. The van der Waals surface area contributed by atoms with Gasteiger partial charge in [-0.25, -0.2) is 4.79 Å². The third-order valence-electron chi connectivity index (χ3n) is 10.6. The van der Waals surface area contributed by atoms with E-state index in [9.17, 15) is 24.0 Å².